The number of hydrogen-bond acceptors (Lipinski definition) is 3. The van der Waals surface area contributed by atoms with E-state index in [-0.39, 0.29) is 18.2 Å². The van der Waals surface area contributed by atoms with Crippen LogP contribution in [0.2, 0.25) is 0 Å². The van der Waals surface area contributed by atoms with E-state index >= 15 is 0 Å². The van der Waals surface area contributed by atoms with Gasteiger partial charge < -0.3 is 15.2 Å². The Morgan fingerprint density at radius 3 is 2.27 bits per heavy atom. The molecule has 0 saturated heterocycles. The zero-order chi connectivity index (χ0) is 10.7. The molecule has 0 aromatic rings. The summed E-state index contributed by atoms with van der Waals surface area (Å²) < 4.78 is 11.4. The molecule has 2 N–H and O–H groups in total. The number of ether oxygens (including phenoxy) is 2. The molecular formula is C12H23NO2. The highest BCUT2D eigenvalue weighted by atomic mass is 16.5. The van der Waals surface area contributed by atoms with E-state index in [1.807, 2.05) is 0 Å². The van der Waals surface area contributed by atoms with Gasteiger partial charge in [-0.15, -0.1) is 0 Å². The second-order valence-corrected chi connectivity index (χ2v) is 4.89. The van der Waals surface area contributed by atoms with Gasteiger partial charge in [0.25, 0.3) is 0 Å². The minimum atomic E-state index is 0.133. The standard InChI is InChI=1S/C12H23NO2/c1-14-12-10(13)8-11(12)15-9-6-4-2-3-5-7-9/h9-12H,2-8,13H2,1H3. The highest BCUT2D eigenvalue weighted by Gasteiger charge is 2.41. The van der Waals surface area contributed by atoms with Gasteiger partial charge in [0.1, 0.15) is 0 Å². The first-order chi connectivity index (χ1) is 7.31. The Hall–Kier alpha value is -0.120. The fourth-order valence-corrected chi connectivity index (χ4v) is 2.70. The monoisotopic (exact) mass is 213 g/mol. The quantitative estimate of drug-likeness (QED) is 0.728. The van der Waals surface area contributed by atoms with E-state index in [0.29, 0.717) is 6.10 Å². The summed E-state index contributed by atoms with van der Waals surface area (Å²) in [4.78, 5) is 0. The van der Waals surface area contributed by atoms with Gasteiger partial charge in [0.05, 0.1) is 18.3 Å². The molecule has 2 aliphatic carbocycles. The Balaban J connectivity index is 1.76. The van der Waals surface area contributed by atoms with Gasteiger partial charge in [0.15, 0.2) is 0 Å². The molecule has 3 atom stereocenters. The predicted molar refractivity (Wildman–Crippen MR) is 59.8 cm³/mol. The zero-order valence-electron chi connectivity index (χ0n) is 9.65. The first-order valence-electron chi connectivity index (χ1n) is 6.25. The van der Waals surface area contributed by atoms with E-state index in [0.717, 1.165) is 6.42 Å². The third-order valence-corrected chi connectivity index (χ3v) is 3.73. The van der Waals surface area contributed by atoms with Crippen LogP contribution in [0.1, 0.15) is 44.9 Å². The minimum Gasteiger partial charge on any atom is -0.377 e. The highest BCUT2D eigenvalue weighted by molar-refractivity contribution is 4.95. The zero-order valence-corrected chi connectivity index (χ0v) is 9.65. The second kappa shape index (κ2) is 5.28. The fourth-order valence-electron chi connectivity index (χ4n) is 2.70. The molecule has 2 rings (SSSR count). The normalized spacial score (nSPS) is 38.4. The van der Waals surface area contributed by atoms with Crippen molar-refractivity contribution in [1.29, 1.82) is 0 Å². The molecule has 0 spiro atoms. The topological polar surface area (TPSA) is 44.5 Å². The van der Waals surface area contributed by atoms with E-state index in [1.54, 1.807) is 7.11 Å². The first-order valence-corrected chi connectivity index (χ1v) is 6.25. The predicted octanol–water partition coefficient (Wildman–Crippen LogP) is 1.84. The van der Waals surface area contributed by atoms with Gasteiger partial charge in [0, 0.05) is 13.2 Å². The summed E-state index contributed by atoms with van der Waals surface area (Å²) in [6.07, 6.45) is 9.65. The summed E-state index contributed by atoms with van der Waals surface area (Å²) in [7, 11) is 1.73. The van der Waals surface area contributed by atoms with Crippen molar-refractivity contribution in [3.63, 3.8) is 0 Å². The van der Waals surface area contributed by atoms with Crippen LogP contribution in [0.25, 0.3) is 0 Å². The maximum absolute atomic E-state index is 6.08. The van der Waals surface area contributed by atoms with Crippen molar-refractivity contribution >= 4 is 0 Å². The van der Waals surface area contributed by atoms with Crippen LogP contribution in [-0.2, 0) is 9.47 Å². The lowest BCUT2D eigenvalue weighted by atomic mass is 9.86. The van der Waals surface area contributed by atoms with Crippen LogP contribution in [0.15, 0.2) is 0 Å². The average molecular weight is 213 g/mol. The van der Waals surface area contributed by atoms with Crippen LogP contribution < -0.4 is 5.73 Å². The maximum Gasteiger partial charge on any atom is 0.0984 e. The Kier molecular flexibility index (Phi) is 4.00. The number of nitrogens with two attached hydrogens (primary N) is 1. The molecule has 2 fully saturated rings. The van der Waals surface area contributed by atoms with Gasteiger partial charge in [-0.05, 0) is 19.3 Å². The number of rotatable bonds is 3. The molecular weight excluding hydrogens is 190 g/mol. The molecule has 0 amide bonds. The van der Waals surface area contributed by atoms with Gasteiger partial charge >= 0.3 is 0 Å². The fraction of sp³-hybridized carbons (Fsp3) is 1.00. The van der Waals surface area contributed by atoms with Crippen molar-refractivity contribution < 1.29 is 9.47 Å². The smallest absolute Gasteiger partial charge is 0.0984 e. The lowest BCUT2D eigenvalue weighted by Gasteiger charge is -2.42. The van der Waals surface area contributed by atoms with Crippen LogP contribution in [0, 0.1) is 0 Å². The van der Waals surface area contributed by atoms with Crippen LogP contribution >= 0.6 is 0 Å². The molecule has 15 heavy (non-hydrogen) atoms. The van der Waals surface area contributed by atoms with E-state index in [9.17, 15) is 0 Å². The molecule has 2 aliphatic rings. The number of hydrogen-bond donors (Lipinski definition) is 1. The van der Waals surface area contributed by atoms with Crippen molar-refractivity contribution in [3.05, 3.63) is 0 Å². The molecule has 3 unspecified atom stereocenters. The third kappa shape index (κ3) is 2.71. The lowest BCUT2D eigenvalue weighted by Crippen LogP contribution is -2.58. The minimum absolute atomic E-state index is 0.133. The van der Waals surface area contributed by atoms with Gasteiger partial charge in [-0.1, -0.05) is 25.7 Å². The molecule has 0 aromatic heterocycles. The van der Waals surface area contributed by atoms with Gasteiger partial charge in [0.2, 0.25) is 0 Å². The summed E-state index contributed by atoms with van der Waals surface area (Å²) in [5, 5.41) is 0. The van der Waals surface area contributed by atoms with Gasteiger partial charge in [-0.2, -0.15) is 0 Å². The van der Waals surface area contributed by atoms with Crippen LogP contribution in [-0.4, -0.2) is 31.5 Å². The number of methoxy groups -OCH3 is 1. The molecule has 0 bridgehead atoms. The Morgan fingerprint density at radius 2 is 1.73 bits per heavy atom. The summed E-state index contributed by atoms with van der Waals surface area (Å²) >= 11 is 0. The largest absolute Gasteiger partial charge is 0.377 e. The molecule has 0 heterocycles. The van der Waals surface area contributed by atoms with Gasteiger partial charge in [-0.3, -0.25) is 0 Å². The highest BCUT2D eigenvalue weighted by Crippen LogP contribution is 2.29. The molecule has 3 nitrogen and oxygen atoms in total. The van der Waals surface area contributed by atoms with Crippen LogP contribution in [0.5, 0.6) is 0 Å². The summed E-state index contributed by atoms with van der Waals surface area (Å²) in [5.74, 6) is 0. The van der Waals surface area contributed by atoms with Crippen molar-refractivity contribution in [3.8, 4) is 0 Å². The Morgan fingerprint density at radius 1 is 1.07 bits per heavy atom. The SMILES string of the molecule is COC1C(N)CC1OC1CCCCCC1. The molecule has 88 valence electrons. The first kappa shape index (κ1) is 11.4. The molecule has 3 heteroatoms. The average Bonchev–Trinajstić information content (AvgIpc) is 2.46. The Labute approximate surface area is 92.3 Å². The summed E-state index contributed by atoms with van der Waals surface area (Å²) in [6.45, 7) is 0. The van der Waals surface area contributed by atoms with E-state index in [2.05, 4.69) is 0 Å². The van der Waals surface area contributed by atoms with Crippen LogP contribution in [0.3, 0.4) is 0 Å². The summed E-state index contributed by atoms with van der Waals surface area (Å²) in [5.41, 5.74) is 5.85. The molecule has 2 saturated carbocycles. The van der Waals surface area contributed by atoms with E-state index in [4.69, 9.17) is 15.2 Å². The van der Waals surface area contributed by atoms with Crippen LogP contribution in [0.4, 0.5) is 0 Å². The van der Waals surface area contributed by atoms with E-state index in [1.165, 1.54) is 38.5 Å². The lowest BCUT2D eigenvalue weighted by molar-refractivity contribution is -0.152. The van der Waals surface area contributed by atoms with Gasteiger partial charge in [-0.25, -0.2) is 0 Å². The van der Waals surface area contributed by atoms with Crippen molar-refractivity contribution in [2.24, 2.45) is 5.73 Å². The summed E-state index contributed by atoms with van der Waals surface area (Å²) in [6, 6.07) is 0.186. The van der Waals surface area contributed by atoms with Crippen molar-refractivity contribution in [1.82, 2.24) is 0 Å². The third-order valence-electron chi connectivity index (χ3n) is 3.73. The van der Waals surface area contributed by atoms with Crippen molar-refractivity contribution in [2.75, 3.05) is 7.11 Å². The molecule has 0 radical (unpaired) electrons. The second-order valence-electron chi connectivity index (χ2n) is 4.89. The molecule has 0 aliphatic heterocycles. The molecule has 0 aromatic carbocycles. The maximum atomic E-state index is 6.08. The Bertz CT molecular complexity index is 190. The van der Waals surface area contributed by atoms with E-state index < -0.39 is 0 Å². The van der Waals surface area contributed by atoms with Crippen molar-refractivity contribution in [2.45, 2.75) is 69.3 Å².